The summed E-state index contributed by atoms with van der Waals surface area (Å²) >= 11 is 0. The van der Waals surface area contributed by atoms with Crippen molar-refractivity contribution >= 4 is 12.0 Å². The van der Waals surface area contributed by atoms with Gasteiger partial charge in [0.1, 0.15) is 23.0 Å². The fraction of sp³-hybridized carbons (Fsp3) is 0.550. The number of hydrogen-bond donors (Lipinski definition) is 1. The van der Waals surface area contributed by atoms with Gasteiger partial charge in [0.2, 0.25) is 5.91 Å². The molecule has 2 atom stereocenters. The van der Waals surface area contributed by atoms with E-state index in [2.05, 4.69) is 5.32 Å². The van der Waals surface area contributed by atoms with E-state index in [0.29, 0.717) is 12.8 Å². The third-order valence-electron chi connectivity index (χ3n) is 4.50. The summed E-state index contributed by atoms with van der Waals surface area (Å²) in [6.07, 6.45) is -5.61. The first-order valence-electron chi connectivity index (χ1n) is 9.26. The summed E-state index contributed by atoms with van der Waals surface area (Å²) in [5.74, 6) is -1.67. The van der Waals surface area contributed by atoms with E-state index in [0.717, 1.165) is 31.2 Å². The average Bonchev–Trinajstić information content (AvgIpc) is 3.37. The summed E-state index contributed by atoms with van der Waals surface area (Å²) < 4.78 is 60.6. The molecule has 1 aromatic carbocycles. The Hall–Kier alpha value is -2.83. The topological polar surface area (TPSA) is 82.4 Å². The highest BCUT2D eigenvalue weighted by Gasteiger charge is 2.52. The van der Waals surface area contributed by atoms with E-state index in [4.69, 9.17) is 10.00 Å². The number of rotatable bonds is 5. The van der Waals surface area contributed by atoms with Crippen molar-refractivity contribution in [1.82, 2.24) is 10.2 Å². The van der Waals surface area contributed by atoms with Crippen LogP contribution in [-0.4, -0.2) is 40.3 Å². The molecule has 1 aliphatic carbocycles. The summed E-state index contributed by atoms with van der Waals surface area (Å²) in [7, 11) is 0. The first-order chi connectivity index (χ1) is 13.7. The minimum absolute atomic E-state index is 0.279. The maximum atomic E-state index is 14.1. The van der Waals surface area contributed by atoms with Crippen LogP contribution in [0.1, 0.15) is 52.1 Å². The van der Waals surface area contributed by atoms with Gasteiger partial charge in [-0.05, 0) is 58.2 Å². The lowest BCUT2D eigenvalue weighted by Gasteiger charge is -2.38. The van der Waals surface area contributed by atoms with Crippen molar-refractivity contribution in [2.75, 3.05) is 0 Å². The summed E-state index contributed by atoms with van der Waals surface area (Å²) in [6.45, 7) is 5.55. The number of nitriles is 1. The molecular formula is C20H23F4N3O3. The maximum absolute atomic E-state index is 14.1. The molecule has 0 saturated heterocycles. The second-order valence-corrected chi connectivity index (χ2v) is 8.24. The van der Waals surface area contributed by atoms with Crippen molar-refractivity contribution in [3.05, 3.63) is 35.6 Å². The number of nitrogens with zero attached hydrogens (tertiary/aromatic N) is 2. The molecule has 1 aromatic rings. The van der Waals surface area contributed by atoms with Crippen LogP contribution in [0.25, 0.3) is 0 Å². The first-order valence-corrected chi connectivity index (χ1v) is 9.26. The predicted octanol–water partition coefficient (Wildman–Crippen LogP) is 4.23. The Kier molecular flexibility index (Phi) is 6.35. The fourth-order valence-electron chi connectivity index (χ4n) is 2.81. The normalized spacial score (nSPS) is 17.3. The van der Waals surface area contributed by atoms with E-state index < -0.39 is 52.8 Å². The third kappa shape index (κ3) is 5.62. The van der Waals surface area contributed by atoms with Gasteiger partial charge in [-0.15, -0.1) is 0 Å². The molecule has 0 aromatic heterocycles. The number of ether oxygens (including phenoxy) is 1. The summed E-state index contributed by atoms with van der Waals surface area (Å²) in [5.41, 5.74) is -2.69. The third-order valence-corrected chi connectivity index (χ3v) is 4.50. The molecule has 1 N–H and O–H groups in total. The van der Waals surface area contributed by atoms with Gasteiger partial charge in [-0.3, -0.25) is 9.69 Å². The largest absolute Gasteiger partial charge is 0.444 e. The zero-order valence-corrected chi connectivity index (χ0v) is 17.0. The van der Waals surface area contributed by atoms with Crippen LogP contribution in [0.5, 0.6) is 0 Å². The smallest absolute Gasteiger partial charge is 0.413 e. The molecule has 0 heterocycles. The Morgan fingerprint density at radius 3 is 2.13 bits per heavy atom. The van der Waals surface area contributed by atoms with Crippen molar-refractivity contribution < 1.29 is 31.9 Å². The molecule has 0 radical (unpaired) electrons. The van der Waals surface area contributed by atoms with Gasteiger partial charge in [-0.1, -0.05) is 12.1 Å². The number of carbonyl (C=O) groups excluding carboxylic acids is 2. The fourth-order valence-corrected chi connectivity index (χ4v) is 2.81. The van der Waals surface area contributed by atoms with Crippen LogP contribution >= 0.6 is 0 Å². The summed E-state index contributed by atoms with van der Waals surface area (Å²) in [6, 6.07) is 1.19. The predicted molar refractivity (Wildman–Crippen MR) is 98.5 cm³/mol. The van der Waals surface area contributed by atoms with Gasteiger partial charge in [-0.25, -0.2) is 9.18 Å². The Bertz CT molecular complexity index is 837. The molecule has 30 heavy (non-hydrogen) atoms. The van der Waals surface area contributed by atoms with Crippen LogP contribution in [0, 0.1) is 17.1 Å². The first kappa shape index (κ1) is 23.4. The molecule has 2 amide bonds. The molecule has 1 fully saturated rings. The van der Waals surface area contributed by atoms with Gasteiger partial charge < -0.3 is 10.1 Å². The highest BCUT2D eigenvalue weighted by Crippen LogP contribution is 2.40. The van der Waals surface area contributed by atoms with Crippen molar-refractivity contribution in [2.24, 2.45) is 0 Å². The molecule has 164 valence electrons. The van der Waals surface area contributed by atoms with E-state index in [-0.39, 0.29) is 4.90 Å². The van der Waals surface area contributed by atoms with E-state index in [1.165, 1.54) is 20.8 Å². The molecule has 1 aliphatic rings. The molecule has 0 unspecified atom stereocenters. The Morgan fingerprint density at radius 2 is 1.73 bits per heavy atom. The van der Waals surface area contributed by atoms with Gasteiger partial charge >= 0.3 is 12.3 Å². The van der Waals surface area contributed by atoms with Crippen LogP contribution in [0.15, 0.2) is 24.3 Å². The highest BCUT2D eigenvalue weighted by atomic mass is 19.4. The number of halogens is 4. The second kappa shape index (κ2) is 8.13. The number of alkyl halides is 3. The van der Waals surface area contributed by atoms with E-state index >= 15 is 0 Å². The molecule has 2 rings (SSSR count). The van der Waals surface area contributed by atoms with E-state index in [9.17, 15) is 27.2 Å². The number of benzene rings is 1. The summed E-state index contributed by atoms with van der Waals surface area (Å²) in [4.78, 5) is 25.7. The lowest BCUT2D eigenvalue weighted by Crippen LogP contribution is -2.55. The number of hydrogen-bond acceptors (Lipinski definition) is 4. The van der Waals surface area contributed by atoms with Crippen LogP contribution in [0.4, 0.5) is 22.4 Å². The summed E-state index contributed by atoms with van der Waals surface area (Å²) in [5, 5.41) is 11.5. The van der Waals surface area contributed by atoms with Gasteiger partial charge in [0.15, 0.2) is 6.04 Å². The van der Waals surface area contributed by atoms with Gasteiger partial charge in [0.05, 0.1) is 6.07 Å². The highest BCUT2D eigenvalue weighted by molar-refractivity contribution is 5.87. The maximum Gasteiger partial charge on any atom is 0.413 e. The molecule has 10 heteroatoms. The molecule has 1 saturated carbocycles. The van der Waals surface area contributed by atoms with Crippen molar-refractivity contribution in [2.45, 2.75) is 69.9 Å². The van der Waals surface area contributed by atoms with Crippen molar-refractivity contribution in [3.8, 4) is 6.07 Å². The SMILES string of the molecule is C[C@@H](C(=O)NC1(C#N)CC1)N(C(=O)OC(C)(C)C)[C@@H](c1ccc(F)cc1)C(F)(F)F. The quantitative estimate of drug-likeness (QED) is 0.711. The minimum atomic E-state index is -4.99. The molecular weight excluding hydrogens is 406 g/mol. The zero-order valence-electron chi connectivity index (χ0n) is 17.0. The van der Waals surface area contributed by atoms with Crippen LogP contribution in [-0.2, 0) is 9.53 Å². The number of nitrogens with one attached hydrogen (secondary N) is 1. The molecule has 6 nitrogen and oxygen atoms in total. The lowest BCUT2D eigenvalue weighted by molar-refractivity contribution is -0.189. The molecule has 0 bridgehead atoms. The second-order valence-electron chi connectivity index (χ2n) is 8.24. The Morgan fingerprint density at radius 1 is 1.20 bits per heavy atom. The van der Waals surface area contributed by atoms with Crippen LogP contribution in [0.2, 0.25) is 0 Å². The van der Waals surface area contributed by atoms with Gasteiger partial charge in [0.25, 0.3) is 0 Å². The van der Waals surface area contributed by atoms with Crippen molar-refractivity contribution in [3.63, 3.8) is 0 Å². The average molecular weight is 429 g/mol. The Balaban J connectivity index is 2.48. The van der Waals surface area contributed by atoms with Crippen LogP contribution in [0.3, 0.4) is 0 Å². The minimum Gasteiger partial charge on any atom is -0.444 e. The lowest BCUT2D eigenvalue weighted by atomic mass is 10.0. The van der Waals surface area contributed by atoms with Crippen molar-refractivity contribution in [1.29, 1.82) is 5.26 Å². The Labute approximate surface area is 171 Å². The van der Waals surface area contributed by atoms with Gasteiger partial charge in [-0.2, -0.15) is 18.4 Å². The molecule has 0 aliphatic heterocycles. The number of amides is 2. The molecule has 0 spiro atoms. The van der Waals surface area contributed by atoms with Gasteiger partial charge in [0, 0.05) is 0 Å². The zero-order chi connectivity index (χ0) is 22.9. The number of carbonyl (C=O) groups is 2. The standard InChI is InChI=1S/C20H23F4N3O3/c1-12(16(28)26-19(11-25)9-10-19)27(17(29)30-18(2,3)4)15(20(22,23)24)13-5-7-14(21)8-6-13/h5-8,12,15H,9-10H2,1-4H3,(H,26,28)/t12-,15-/m0/s1. The van der Waals surface area contributed by atoms with E-state index in [1.54, 1.807) is 0 Å². The monoisotopic (exact) mass is 429 g/mol. The van der Waals surface area contributed by atoms with E-state index in [1.807, 2.05) is 6.07 Å². The van der Waals surface area contributed by atoms with Crippen LogP contribution < -0.4 is 5.32 Å².